The average Bonchev–Trinajstić information content (AvgIpc) is 2.11. The van der Waals surface area contributed by atoms with Crippen LogP contribution in [0.15, 0.2) is 30.3 Å². The van der Waals surface area contributed by atoms with Crippen molar-refractivity contribution in [3.05, 3.63) is 35.9 Å². The van der Waals surface area contributed by atoms with Crippen LogP contribution in [-0.4, -0.2) is 12.0 Å². The highest BCUT2D eigenvalue weighted by Crippen LogP contribution is 1.98. The number of carbonyl (C=O) groups is 1. The Kier molecular flexibility index (Phi) is 6.17. The van der Waals surface area contributed by atoms with Crippen molar-refractivity contribution in [1.82, 2.24) is 0 Å². The number of hydrogen-bond donors (Lipinski definition) is 1. The molecule has 0 spiro atoms. The van der Waals surface area contributed by atoms with E-state index in [0.29, 0.717) is 0 Å². The summed E-state index contributed by atoms with van der Waals surface area (Å²) in [6, 6.07) is 9.48. The van der Waals surface area contributed by atoms with Crippen LogP contribution in [0.5, 0.6) is 0 Å². The molecule has 0 aromatic heterocycles. The predicted octanol–water partition coefficient (Wildman–Crippen LogP) is 1.49. The Morgan fingerprint density at radius 3 is 2.27 bits per heavy atom. The molecule has 0 saturated carbocycles. The van der Waals surface area contributed by atoms with E-state index >= 15 is 0 Å². The Labute approximate surface area is 65.2 Å². The molecule has 0 aliphatic heterocycles. The zero-order chi connectivity index (χ0) is 8.53. The summed E-state index contributed by atoms with van der Waals surface area (Å²) in [5, 5.41) is 8.02. The summed E-state index contributed by atoms with van der Waals surface area (Å²) >= 11 is 0. The maximum absolute atomic E-state index is 8.02. The van der Waals surface area contributed by atoms with Gasteiger partial charge in [-0.3, -0.25) is 5.26 Å². The van der Waals surface area contributed by atoms with Crippen molar-refractivity contribution in [2.45, 2.75) is 6.61 Å². The molecule has 0 atom stereocenters. The van der Waals surface area contributed by atoms with Crippen LogP contribution in [0.1, 0.15) is 5.56 Å². The minimum absolute atomic E-state index is 0.265. The summed E-state index contributed by atoms with van der Waals surface area (Å²) in [7, 11) is 0. The normalized spacial score (nSPS) is 8.09. The zero-order valence-corrected chi connectivity index (χ0v) is 6.06. The number of hydrogen-bond acceptors (Lipinski definition) is 3. The topological polar surface area (TPSA) is 46.5 Å². The molecule has 0 bridgehead atoms. The van der Waals surface area contributed by atoms with Crippen LogP contribution in [0.25, 0.3) is 0 Å². The highest BCUT2D eigenvalue weighted by Gasteiger charge is 1.86. The van der Waals surface area contributed by atoms with Gasteiger partial charge in [-0.2, -0.15) is 0 Å². The van der Waals surface area contributed by atoms with Gasteiger partial charge in [0.05, 0.1) is 0 Å². The molecule has 0 unspecified atom stereocenters. The maximum Gasteiger partial charge on any atom is 0.107 e. The fourth-order valence-corrected chi connectivity index (χ4v) is 0.649. The lowest BCUT2D eigenvalue weighted by atomic mass is 10.2. The molecule has 0 radical (unpaired) electrons. The lowest BCUT2D eigenvalue weighted by Crippen LogP contribution is -1.84. The highest BCUT2D eigenvalue weighted by atomic mass is 17.1. The highest BCUT2D eigenvalue weighted by molar-refractivity contribution is 5.13. The quantitative estimate of drug-likeness (QED) is 0.518. The Balaban J connectivity index is 0.000000461. The molecule has 0 aliphatic carbocycles. The summed E-state index contributed by atoms with van der Waals surface area (Å²) < 4.78 is 0. The van der Waals surface area contributed by atoms with E-state index in [2.05, 4.69) is 4.89 Å². The third-order valence-corrected chi connectivity index (χ3v) is 1.07. The van der Waals surface area contributed by atoms with Gasteiger partial charge in [0.1, 0.15) is 13.4 Å². The molecule has 0 amide bonds. The van der Waals surface area contributed by atoms with Crippen LogP contribution in [0, 0.1) is 0 Å². The Morgan fingerprint density at radius 2 is 1.82 bits per heavy atom. The molecule has 1 rings (SSSR count). The van der Waals surface area contributed by atoms with Crippen molar-refractivity contribution in [2.75, 3.05) is 0 Å². The average molecular weight is 154 g/mol. The molecule has 1 aromatic rings. The van der Waals surface area contributed by atoms with E-state index in [-0.39, 0.29) is 6.61 Å². The zero-order valence-electron chi connectivity index (χ0n) is 6.06. The minimum Gasteiger partial charge on any atom is -0.307 e. The van der Waals surface area contributed by atoms with Crippen LogP contribution >= 0.6 is 0 Å². The molecule has 0 heterocycles. The van der Waals surface area contributed by atoms with Gasteiger partial charge in [-0.1, -0.05) is 30.3 Å². The van der Waals surface area contributed by atoms with Gasteiger partial charge in [0.2, 0.25) is 0 Å². The number of rotatable bonds is 2. The van der Waals surface area contributed by atoms with Gasteiger partial charge in [0, 0.05) is 0 Å². The van der Waals surface area contributed by atoms with E-state index in [1.165, 1.54) is 0 Å². The molecule has 11 heavy (non-hydrogen) atoms. The smallest absolute Gasteiger partial charge is 0.107 e. The van der Waals surface area contributed by atoms with E-state index in [9.17, 15) is 0 Å². The molecule has 3 nitrogen and oxygen atoms in total. The summed E-state index contributed by atoms with van der Waals surface area (Å²) in [6.45, 7) is 2.26. The second kappa shape index (κ2) is 6.92. The standard InChI is InChI=1S/C7H8O2.CH2O/c8-9-6-7-4-2-1-3-5-7;1-2/h1-5,8H,6H2;1H2. The first-order valence-electron chi connectivity index (χ1n) is 3.02. The monoisotopic (exact) mass is 154 g/mol. The van der Waals surface area contributed by atoms with Crippen molar-refractivity contribution in [1.29, 1.82) is 0 Å². The lowest BCUT2D eigenvalue weighted by Gasteiger charge is -1.93. The van der Waals surface area contributed by atoms with Crippen molar-refractivity contribution in [3.63, 3.8) is 0 Å². The van der Waals surface area contributed by atoms with Crippen LogP contribution < -0.4 is 0 Å². The van der Waals surface area contributed by atoms with Gasteiger partial charge in [-0.25, -0.2) is 4.89 Å². The van der Waals surface area contributed by atoms with E-state index in [0.717, 1.165) is 5.56 Å². The molecule has 0 aliphatic rings. The van der Waals surface area contributed by atoms with Crippen molar-refractivity contribution >= 4 is 6.79 Å². The number of carbonyl (C=O) groups excluding carboxylic acids is 1. The molecule has 0 fully saturated rings. The Hall–Kier alpha value is -1.19. The van der Waals surface area contributed by atoms with Gasteiger partial charge in [-0.15, -0.1) is 0 Å². The first-order valence-corrected chi connectivity index (χ1v) is 3.02. The molecular weight excluding hydrogens is 144 g/mol. The minimum atomic E-state index is 0.265. The van der Waals surface area contributed by atoms with E-state index in [1.807, 2.05) is 37.1 Å². The molecule has 1 N–H and O–H groups in total. The van der Waals surface area contributed by atoms with E-state index in [4.69, 9.17) is 10.1 Å². The van der Waals surface area contributed by atoms with Gasteiger partial charge in [0.25, 0.3) is 0 Å². The maximum atomic E-state index is 8.02. The molecule has 1 aromatic carbocycles. The fraction of sp³-hybridized carbons (Fsp3) is 0.125. The lowest BCUT2D eigenvalue weighted by molar-refractivity contribution is -0.253. The Bertz CT molecular complexity index is 174. The third kappa shape index (κ3) is 4.25. The summed E-state index contributed by atoms with van der Waals surface area (Å²) in [5.74, 6) is 0. The summed E-state index contributed by atoms with van der Waals surface area (Å²) in [6.07, 6.45) is 0. The molecule has 0 saturated heterocycles. The third-order valence-electron chi connectivity index (χ3n) is 1.07. The molecule has 3 heteroatoms. The summed E-state index contributed by atoms with van der Waals surface area (Å²) in [4.78, 5) is 11.9. The van der Waals surface area contributed by atoms with Gasteiger partial charge >= 0.3 is 0 Å². The molecular formula is C8H10O3. The molecule has 60 valence electrons. The second-order valence-electron chi connectivity index (χ2n) is 1.76. The van der Waals surface area contributed by atoms with Gasteiger partial charge < -0.3 is 4.79 Å². The van der Waals surface area contributed by atoms with Gasteiger partial charge in [0.15, 0.2) is 0 Å². The van der Waals surface area contributed by atoms with E-state index < -0.39 is 0 Å². The van der Waals surface area contributed by atoms with Crippen molar-refractivity contribution in [3.8, 4) is 0 Å². The van der Waals surface area contributed by atoms with Crippen molar-refractivity contribution in [2.24, 2.45) is 0 Å². The van der Waals surface area contributed by atoms with Crippen molar-refractivity contribution < 1.29 is 14.9 Å². The van der Waals surface area contributed by atoms with E-state index in [1.54, 1.807) is 0 Å². The number of benzene rings is 1. The fourth-order valence-electron chi connectivity index (χ4n) is 0.649. The van der Waals surface area contributed by atoms with Crippen LogP contribution in [0.3, 0.4) is 0 Å². The van der Waals surface area contributed by atoms with Crippen LogP contribution in [0.4, 0.5) is 0 Å². The van der Waals surface area contributed by atoms with Crippen LogP contribution in [0.2, 0.25) is 0 Å². The predicted molar refractivity (Wildman–Crippen MR) is 41.0 cm³/mol. The largest absolute Gasteiger partial charge is 0.307 e. The SMILES string of the molecule is C=O.OOCc1ccccc1. The summed E-state index contributed by atoms with van der Waals surface area (Å²) in [5.41, 5.74) is 0.972. The Morgan fingerprint density at radius 1 is 1.27 bits per heavy atom. The first-order chi connectivity index (χ1) is 5.43. The second-order valence-corrected chi connectivity index (χ2v) is 1.76. The first kappa shape index (κ1) is 9.81. The van der Waals surface area contributed by atoms with Crippen LogP contribution in [-0.2, 0) is 16.3 Å². The van der Waals surface area contributed by atoms with Gasteiger partial charge in [-0.05, 0) is 5.56 Å².